The number of benzene rings is 1. The number of likely N-dealkylation sites (tertiary alicyclic amines) is 1. The Kier molecular flexibility index (Phi) is 4.30. The molecule has 1 saturated carbocycles. The van der Waals surface area contributed by atoms with Gasteiger partial charge in [0.15, 0.2) is 5.69 Å². The summed E-state index contributed by atoms with van der Waals surface area (Å²) in [5.41, 5.74) is 1.28. The van der Waals surface area contributed by atoms with Crippen molar-refractivity contribution >= 4 is 5.91 Å². The van der Waals surface area contributed by atoms with E-state index in [0.717, 1.165) is 44.1 Å². The summed E-state index contributed by atoms with van der Waals surface area (Å²) in [6.45, 7) is 2.72. The van der Waals surface area contributed by atoms with Crippen LogP contribution in [0.5, 0.6) is 0 Å². The fourth-order valence-corrected chi connectivity index (χ4v) is 3.15. The van der Waals surface area contributed by atoms with E-state index in [1.165, 1.54) is 17.6 Å². The van der Waals surface area contributed by atoms with Crippen molar-refractivity contribution < 1.29 is 4.79 Å². The highest BCUT2D eigenvalue weighted by molar-refractivity contribution is 5.92. The molecule has 2 aliphatic rings. The molecule has 0 atom stereocenters. The standard InChI is InChI=1S/C18H23N5O/c24-18(17-13-20-23(21-17)16-4-2-1-3-5-16)22-10-8-15(9-11-22)19-12-14-6-7-14/h1-5,13-15,19H,6-12H2. The maximum absolute atomic E-state index is 12.6. The molecule has 2 heterocycles. The number of para-hydroxylation sites is 1. The van der Waals surface area contributed by atoms with Gasteiger partial charge in [0.1, 0.15) is 0 Å². The van der Waals surface area contributed by atoms with Gasteiger partial charge in [-0.05, 0) is 50.3 Å². The molecule has 0 bridgehead atoms. The predicted molar refractivity (Wildman–Crippen MR) is 91.0 cm³/mol. The first-order valence-electron chi connectivity index (χ1n) is 8.80. The fourth-order valence-electron chi connectivity index (χ4n) is 3.15. The molecule has 0 unspecified atom stereocenters. The maximum atomic E-state index is 12.6. The molecular weight excluding hydrogens is 302 g/mol. The molecule has 1 aromatic carbocycles. The fraction of sp³-hybridized carbons (Fsp3) is 0.500. The Labute approximate surface area is 141 Å². The number of nitrogens with zero attached hydrogens (tertiary/aromatic N) is 4. The van der Waals surface area contributed by atoms with E-state index in [2.05, 4.69) is 15.5 Å². The zero-order valence-electron chi connectivity index (χ0n) is 13.8. The van der Waals surface area contributed by atoms with Crippen molar-refractivity contribution in [3.05, 3.63) is 42.2 Å². The summed E-state index contributed by atoms with van der Waals surface area (Å²) in [5, 5.41) is 12.2. The van der Waals surface area contributed by atoms with Crippen LogP contribution in [-0.2, 0) is 0 Å². The Balaban J connectivity index is 1.34. The van der Waals surface area contributed by atoms with E-state index in [0.29, 0.717) is 11.7 Å². The average molecular weight is 325 g/mol. The summed E-state index contributed by atoms with van der Waals surface area (Å²) < 4.78 is 0. The quantitative estimate of drug-likeness (QED) is 0.911. The van der Waals surface area contributed by atoms with E-state index >= 15 is 0 Å². The Morgan fingerprint density at radius 1 is 1.12 bits per heavy atom. The topological polar surface area (TPSA) is 63.1 Å². The third-order valence-electron chi connectivity index (χ3n) is 4.87. The number of aromatic nitrogens is 3. The lowest BCUT2D eigenvalue weighted by Gasteiger charge is -2.32. The van der Waals surface area contributed by atoms with Gasteiger partial charge in [0, 0.05) is 19.1 Å². The van der Waals surface area contributed by atoms with Crippen LogP contribution in [-0.4, -0.2) is 51.5 Å². The highest BCUT2D eigenvalue weighted by atomic mass is 16.2. The maximum Gasteiger partial charge on any atom is 0.276 e. The van der Waals surface area contributed by atoms with Gasteiger partial charge in [-0.1, -0.05) is 18.2 Å². The molecule has 126 valence electrons. The van der Waals surface area contributed by atoms with Crippen LogP contribution in [0.2, 0.25) is 0 Å². The minimum atomic E-state index is -0.0159. The van der Waals surface area contributed by atoms with Crippen LogP contribution in [0.4, 0.5) is 0 Å². The minimum absolute atomic E-state index is 0.0159. The molecule has 1 saturated heterocycles. The molecule has 1 aliphatic heterocycles. The van der Waals surface area contributed by atoms with Gasteiger partial charge in [0.05, 0.1) is 11.9 Å². The first kappa shape index (κ1) is 15.3. The SMILES string of the molecule is O=C(c1cnn(-c2ccccc2)n1)N1CCC(NCC2CC2)CC1. The lowest BCUT2D eigenvalue weighted by molar-refractivity contribution is 0.0698. The van der Waals surface area contributed by atoms with E-state index in [1.54, 1.807) is 6.20 Å². The molecule has 4 rings (SSSR count). The molecule has 0 radical (unpaired) electrons. The molecule has 1 N–H and O–H groups in total. The number of hydrogen-bond acceptors (Lipinski definition) is 4. The Bertz CT molecular complexity index is 686. The van der Waals surface area contributed by atoms with Crippen LogP contribution in [0.15, 0.2) is 36.5 Å². The lowest BCUT2D eigenvalue weighted by atomic mass is 10.0. The first-order chi connectivity index (χ1) is 11.8. The number of nitrogens with one attached hydrogen (secondary N) is 1. The number of carbonyl (C=O) groups excluding carboxylic acids is 1. The summed E-state index contributed by atoms with van der Waals surface area (Å²) in [5.74, 6) is 0.885. The van der Waals surface area contributed by atoms with Gasteiger partial charge in [0.25, 0.3) is 5.91 Å². The zero-order valence-corrected chi connectivity index (χ0v) is 13.8. The van der Waals surface area contributed by atoms with Crippen molar-refractivity contribution in [1.82, 2.24) is 25.2 Å². The molecule has 6 nitrogen and oxygen atoms in total. The van der Waals surface area contributed by atoms with Crippen LogP contribution in [0.3, 0.4) is 0 Å². The Morgan fingerprint density at radius 2 is 1.88 bits per heavy atom. The van der Waals surface area contributed by atoms with Gasteiger partial charge >= 0.3 is 0 Å². The molecule has 2 fully saturated rings. The van der Waals surface area contributed by atoms with Crippen LogP contribution >= 0.6 is 0 Å². The van der Waals surface area contributed by atoms with Crippen molar-refractivity contribution in [1.29, 1.82) is 0 Å². The zero-order chi connectivity index (χ0) is 16.4. The summed E-state index contributed by atoms with van der Waals surface area (Å²) in [6, 6.07) is 10.2. The third-order valence-corrected chi connectivity index (χ3v) is 4.87. The first-order valence-corrected chi connectivity index (χ1v) is 8.80. The molecule has 24 heavy (non-hydrogen) atoms. The average Bonchev–Trinajstić information content (AvgIpc) is 3.34. The van der Waals surface area contributed by atoms with Gasteiger partial charge in [-0.15, -0.1) is 5.10 Å². The monoisotopic (exact) mass is 325 g/mol. The van der Waals surface area contributed by atoms with Gasteiger partial charge in [0.2, 0.25) is 0 Å². The normalized spacial score (nSPS) is 18.8. The van der Waals surface area contributed by atoms with Crippen LogP contribution in [0.1, 0.15) is 36.2 Å². The van der Waals surface area contributed by atoms with Crippen molar-refractivity contribution in [3.63, 3.8) is 0 Å². The van der Waals surface area contributed by atoms with Gasteiger partial charge in [-0.25, -0.2) is 0 Å². The summed E-state index contributed by atoms with van der Waals surface area (Å²) >= 11 is 0. The molecular formula is C18H23N5O. The van der Waals surface area contributed by atoms with Gasteiger partial charge in [-0.2, -0.15) is 9.90 Å². The summed E-state index contributed by atoms with van der Waals surface area (Å²) in [4.78, 5) is 16.0. The molecule has 2 aromatic rings. The second-order valence-corrected chi connectivity index (χ2v) is 6.77. The van der Waals surface area contributed by atoms with Crippen LogP contribution < -0.4 is 5.32 Å². The number of carbonyl (C=O) groups is 1. The Hall–Kier alpha value is -2.21. The lowest BCUT2D eigenvalue weighted by Crippen LogP contribution is -2.45. The summed E-state index contributed by atoms with van der Waals surface area (Å²) in [6.07, 6.45) is 6.35. The van der Waals surface area contributed by atoms with Crippen LogP contribution in [0.25, 0.3) is 5.69 Å². The summed E-state index contributed by atoms with van der Waals surface area (Å²) in [7, 11) is 0. The minimum Gasteiger partial charge on any atom is -0.337 e. The largest absolute Gasteiger partial charge is 0.337 e. The third kappa shape index (κ3) is 3.48. The van der Waals surface area contributed by atoms with Crippen molar-refractivity contribution in [2.24, 2.45) is 5.92 Å². The van der Waals surface area contributed by atoms with Crippen molar-refractivity contribution in [2.45, 2.75) is 31.7 Å². The second-order valence-electron chi connectivity index (χ2n) is 6.77. The smallest absolute Gasteiger partial charge is 0.276 e. The van der Waals surface area contributed by atoms with E-state index < -0.39 is 0 Å². The van der Waals surface area contributed by atoms with E-state index in [9.17, 15) is 4.79 Å². The molecule has 0 spiro atoms. The van der Waals surface area contributed by atoms with E-state index in [4.69, 9.17) is 0 Å². The number of amides is 1. The van der Waals surface area contributed by atoms with Gasteiger partial charge < -0.3 is 10.2 Å². The van der Waals surface area contributed by atoms with E-state index in [-0.39, 0.29) is 5.91 Å². The number of hydrogen-bond donors (Lipinski definition) is 1. The van der Waals surface area contributed by atoms with Crippen LogP contribution in [0, 0.1) is 5.92 Å². The molecule has 6 heteroatoms. The molecule has 1 amide bonds. The predicted octanol–water partition coefficient (Wildman–Crippen LogP) is 1.87. The highest BCUT2D eigenvalue weighted by Crippen LogP contribution is 2.28. The van der Waals surface area contributed by atoms with Crippen molar-refractivity contribution in [3.8, 4) is 5.69 Å². The molecule has 1 aromatic heterocycles. The van der Waals surface area contributed by atoms with Crippen molar-refractivity contribution in [2.75, 3.05) is 19.6 Å². The second kappa shape index (κ2) is 6.73. The number of rotatable bonds is 5. The molecule has 1 aliphatic carbocycles. The Morgan fingerprint density at radius 3 is 2.58 bits per heavy atom. The number of piperidine rings is 1. The van der Waals surface area contributed by atoms with E-state index in [1.807, 2.05) is 35.2 Å². The highest BCUT2D eigenvalue weighted by Gasteiger charge is 2.27. The van der Waals surface area contributed by atoms with Gasteiger partial charge in [-0.3, -0.25) is 4.79 Å².